The molecule has 0 radical (unpaired) electrons. The molecule has 2 aromatic rings. The highest BCUT2D eigenvalue weighted by molar-refractivity contribution is 8.26. The zero-order valence-electron chi connectivity index (χ0n) is 13.9. The maximum atomic E-state index is 12.5. The van der Waals surface area contributed by atoms with Crippen molar-refractivity contribution in [1.29, 1.82) is 0 Å². The number of carbonyl (C=O) groups is 1. The number of carbonyl (C=O) groups excluding carboxylic acids is 1. The Hall–Kier alpha value is -2.44. The Bertz CT molecular complexity index is 843. The first kappa shape index (κ1) is 17.4. The number of thioether (sulfide) groups is 1. The van der Waals surface area contributed by atoms with E-state index in [9.17, 15) is 4.79 Å². The average molecular weight is 367 g/mol. The van der Waals surface area contributed by atoms with E-state index in [1.165, 1.54) is 16.8 Å². The molecule has 0 unspecified atom stereocenters. The SMILES string of the molecule is CN(C)c1ccc(/C=C2/SC(=S)N(/N=C/c3ccccc3)C2=O)cc1. The molecule has 0 aromatic heterocycles. The van der Waals surface area contributed by atoms with Gasteiger partial charge >= 0.3 is 0 Å². The standard InChI is InChI=1S/C19H17N3OS2/c1-21(2)16-10-8-14(9-11-16)12-17-18(23)22(19(24)25-17)20-13-15-6-4-3-5-7-15/h3-13H,1-2H3/b17-12+,20-13+. The maximum Gasteiger partial charge on any atom is 0.286 e. The number of amides is 1. The number of nitrogens with zero attached hydrogens (tertiary/aromatic N) is 3. The van der Waals surface area contributed by atoms with Gasteiger partial charge in [-0.25, -0.2) is 0 Å². The Morgan fingerprint density at radius 1 is 1.04 bits per heavy atom. The van der Waals surface area contributed by atoms with E-state index in [2.05, 4.69) is 5.10 Å². The number of hydrogen-bond donors (Lipinski definition) is 0. The van der Waals surface area contributed by atoms with Crippen LogP contribution in [0.1, 0.15) is 11.1 Å². The first-order valence-electron chi connectivity index (χ1n) is 7.69. The molecule has 0 bridgehead atoms. The van der Waals surface area contributed by atoms with Gasteiger partial charge in [0, 0.05) is 19.8 Å². The van der Waals surface area contributed by atoms with E-state index in [-0.39, 0.29) is 5.91 Å². The molecule has 0 N–H and O–H groups in total. The second-order valence-electron chi connectivity index (χ2n) is 5.63. The summed E-state index contributed by atoms with van der Waals surface area (Å²) in [6, 6.07) is 17.6. The van der Waals surface area contributed by atoms with Gasteiger partial charge in [-0.1, -0.05) is 54.2 Å². The maximum absolute atomic E-state index is 12.5. The predicted molar refractivity (Wildman–Crippen MR) is 110 cm³/mol. The number of hydrazone groups is 1. The molecule has 0 spiro atoms. The molecule has 0 atom stereocenters. The Labute approximate surface area is 156 Å². The highest BCUT2D eigenvalue weighted by Gasteiger charge is 2.31. The normalized spacial score (nSPS) is 16.2. The van der Waals surface area contributed by atoms with Crippen LogP contribution in [0.5, 0.6) is 0 Å². The number of benzene rings is 2. The van der Waals surface area contributed by atoms with Crippen molar-refractivity contribution in [2.24, 2.45) is 5.10 Å². The molecule has 1 saturated heterocycles. The second kappa shape index (κ2) is 7.63. The van der Waals surface area contributed by atoms with Gasteiger partial charge in [0.05, 0.1) is 11.1 Å². The lowest BCUT2D eigenvalue weighted by Gasteiger charge is -2.11. The smallest absolute Gasteiger partial charge is 0.286 e. The van der Waals surface area contributed by atoms with Gasteiger partial charge in [0.15, 0.2) is 4.32 Å². The largest absolute Gasteiger partial charge is 0.378 e. The molecule has 1 aliphatic rings. The third-order valence-corrected chi connectivity index (χ3v) is 4.89. The van der Waals surface area contributed by atoms with E-state index in [0.717, 1.165) is 16.8 Å². The summed E-state index contributed by atoms with van der Waals surface area (Å²) in [7, 11) is 3.98. The van der Waals surface area contributed by atoms with Crippen LogP contribution < -0.4 is 4.90 Å². The van der Waals surface area contributed by atoms with Gasteiger partial charge in [-0.2, -0.15) is 10.1 Å². The molecule has 2 aromatic carbocycles. The number of hydrogen-bond acceptors (Lipinski definition) is 5. The van der Waals surface area contributed by atoms with E-state index < -0.39 is 0 Å². The van der Waals surface area contributed by atoms with Crippen LogP contribution in [0.15, 0.2) is 64.6 Å². The summed E-state index contributed by atoms with van der Waals surface area (Å²) in [5, 5.41) is 5.50. The number of anilines is 1. The summed E-state index contributed by atoms with van der Waals surface area (Å²) in [6.07, 6.45) is 3.48. The number of thiocarbonyl (C=S) groups is 1. The van der Waals surface area contributed by atoms with Crippen LogP contribution in [-0.2, 0) is 4.79 Å². The Morgan fingerprint density at radius 3 is 2.36 bits per heavy atom. The minimum Gasteiger partial charge on any atom is -0.378 e. The second-order valence-corrected chi connectivity index (χ2v) is 7.31. The van der Waals surface area contributed by atoms with Crippen LogP contribution in [0, 0.1) is 0 Å². The van der Waals surface area contributed by atoms with Crippen LogP contribution in [-0.4, -0.2) is 35.5 Å². The molecule has 1 amide bonds. The zero-order valence-corrected chi connectivity index (χ0v) is 15.6. The third-order valence-electron chi connectivity index (χ3n) is 3.60. The van der Waals surface area contributed by atoms with Crippen molar-refractivity contribution in [3.05, 3.63) is 70.6 Å². The van der Waals surface area contributed by atoms with Gasteiger partial charge in [-0.05, 0) is 41.6 Å². The van der Waals surface area contributed by atoms with Crippen molar-refractivity contribution in [3.63, 3.8) is 0 Å². The molecular formula is C19H17N3OS2. The van der Waals surface area contributed by atoms with Crippen molar-refractivity contribution in [2.45, 2.75) is 0 Å². The Morgan fingerprint density at radius 2 is 1.72 bits per heavy atom. The van der Waals surface area contributed by atoms with Crippen molar-refractivity contribution in [2.75, 3.05) is 19.0 Å². The van der Waals surface area contributed by atoms with Crippen molar-refractivity contribution in [3.8, 4) is 0 Å². The predicted octanol–water partition coefficient (Wildman–Crippen LogP) is 3.99. The molecular weight excluding hydrogens is 350 g/mol. The fraction of sp³-hybridized carbons (Fsp3) is 0.105. The number of rotatable bonds is 4. The van der Waals surface area contributed by atoms with Crippen LogP contribution in [0.3, 0.4) is 0 Å². The molecule has 1 aliphatic heterocycles. The van der Waals surface area contributed by atoms with Crippen LogP contribution in [0.2, 0.25) is 0 Å². The van der Waals surface area contributed by atoms with Crippen LogP contribution in [0.4, 0.5) is 5.69 Å². The first-order valence-corrected chi connectivity index (χ1v) is 8.91. The molecule has 25 heavy (non-hydrogen) atoms. The minimum absolute atomic E-state index is 0.195. The van der Waals surface area contributed by atoms with Gasteiger partial charge in [-0.3, -0.25) is 4.79 Å². The lowest BCUT2D eigenvalue weighted by Crippen LogP contribution is -2.22. The molecule has 0 aliphatic carbocycles. The quantitative estimate of drug-likeness (QED) is 0.465. The van der Waals surface area contributed by atoms with E-state index in [4.69, 9.17) is 12.2 Å². The van der Waals surface area contributed by atoms with E-state index in [0.29, 0.717) is 9.23 Å². The third kappa shape index (κ3) is 4.15. The van der Waals surface area contributed by atoms with Crippen LogP contribution in [0.25, 0.3) is 6.08 Å². The summed E-state index contributed by atoms with van der Waals surface area (Å²) in [5.74, 6) is -0.195. The van der Waals surface area contributed by atoms with E-state index >= 15 is 0 Å². The monoisotopic (exact) mass is 367 g/mol. The lowest BCUT2D eigenvalue weighted by atomic mass is 10.2. The van der Waals surface area contributed by atoms with Crippen molar-refractivity contribution in [1.82, 2.24) is 5.01 Å². The van der Waals surface area contributed by atoms with Crippen LogP contribution >= 0.6 is 24.0 Å². The highest BCUT2D eigenvalue weighted by atomic mass is 32.2. The topological polar surface area (TPSA) is 35.9 Å². The molecule has 3 rings (SSSR count). The molecule has 0 saturated carbocycles. The average Bonchev–Trinajstić information content (AvgIpc) is 2.88. The van der Waals surface area contributed by atoms with Crippen molar-refractivity contribution < 1.29 is 4.79 Å². The zero-order chi connectivity index (χ0) is 17.8. The van der Waals surface area contributed by atoms with Gasteiger partial charge in [0.2, 0.25) is 0 Å². The summed E-state index contributed by atoms with van der Waals surface area (Å²) in [6.45, 7) is 0. The molecule has 6 heteroatoms. The van der Waals surface area contributed by atoms with Gasteiger partial charge < -0.3 is 4.90 Å². The summed E-state index contributed by atoms with van der Waals surface area (Å²) in [4.78, 5) is 15.2. The van der Waals surface area contributed by atoms with Crippen molar-refractivity contribution >= 4 is 52.2 Å². The highest BCUT2D eigenvalue weighted by Crippen LogP contribution is 2.32. The summed E-state index contributed by atoms with van der Waals surface area (Å²) < 4.78 is 0.438. The van der Waals surface area contributed by atoms with Gasteiger partial charge in [0.1, 0.15) is 0 Å². The molecule has 126 valence electrons. The summed E-state index contributed by atoms with van der Waals surface area (Å²) in [5.41, 5.74) is 2.98. The minimum atomic E-state index is -0.195. The Kier molecular flexibility index (Phi) is 5.31. The molecule has 1 fully saturated rings. The first-order chi connectivity index (χ1) is 12.0. The van der Waals surface area contributed by atoms with Gasteiger partial charge in [0.25, 0.3) is 5.91 Å². The lowest BCUT2D eigenvalue weighted by molar-refractivity contribution is -0.122. The Balaban J connectivity index is 1.77. The van der Waals surface area contributed by atoms with Gasteiger partial charge in [-0.15, -0.1) is 0 Å². The fourth-order valence-electron chi connectivity index (χ4n) is 2.24. The molecule has 4 nitrogen and oxygen atoms in total. The van der Waals surface area contributed by atoms with E-state index in [1.54, 1.807) is 6.21 Å². The fourth-order valence-corrected chi connectivity index (χ4v) is 3.42. The molecule has 1 heterocycles. The summed E-state index contributed by atoms with van der Waals surface area (Å²) >= 11 is 6.56. The van der Waals surface area contributed by atoms with E-state index in [1.807, 2.05) is 79.7 Å².